The quantitative estimate of drug-likeness (QED) is 0.541. The predicted octanol–water partition coefficient (Wildman–Crippen LogP) is 3.56. The molecule has 4 rings (SSSR count). The van der Waals surface area contributed by atoms with E-state index in [2.05, 4.69) is 44.4 Å². The monoisotopic (exact) mass is 461 g/mol. The molecule has 2 aromatic heterocycles. The number of allylic oxidation sites excluding steroid dienone is 2. The van der Waals surface area contributed by atoms with Crippen LogP contribution in [0, 0.1) is 24.1 Å². The number of rotatable bonds is 6. The number of nitrogens with two attached hydrogens (primary N) is 1. The van der Waals surface area contributed by atoms with Crippen LogP contribution in [0.3, 0.4) is 0 Å². The normalized spacial score (nSPS) is 16.8. The van der Waals surface area contributed by atoms with Crippen molar-refractivity contribution in [3.63, 3.8) is 0 Å². The fraction of sp³-hybridized carbons (Fsp3) is 0.320. The molecule has 0 saturated carbocycles. The van der Waals surface area contributed by atoms with E-state index < -0.39 is 11.4 Å². The zero-order chi connectivity index (χ0) is 24.5. The Morgan fingerprint density at radius 3 is 2.74 bits per heavy atom. The van der Waals surface area contributed by atoms with E-state index in [4.69, 9.17) is 10.5 Å². The lowest BCUT2D eigenvalue weighted by atomic mass is 9.89. The van der Waals surface area contributed by atoms with Gasteiger partial charge >= 0.3 is 0 Å². The van der Waals surface area contributed by atoms with E-state index in [9.17, 15) is 5.26 Å². The number of nitrogens with zero attached hydrogens (tertiary/aromatic N) is 5. The van der Waals surface area contributed by atoms with Crippen LogP contribution in [0.15, 0.2) is 49.0 Å². The number of hydrogen-bond donors (Lipinski definition) is 2. The van der Waals surface area contributed by atoms with E-state index in [-0.39, 0.29) is 17.2 Å². The maximum Gasteiger partial charge on any atom is 0.240 e. The number of benzene rings is 1. The van der Waals surface area contributed by atoms with Crippen molar-refractivity contribution in [2.24, 2.45) is 5.73 Å². The molecule has 0 amide bonds. The van der Waals surface area contributed by atoms with Gasteiger partial charge in [-0.05, 0) is 45.2 Å². The molecule has 176 valence electrons. The fourth-order valence-electron chi connectivity index (χ4n) is 4.30. The Labute approximate surface area is 198 Å². The van der Waals surface area contributed by atoms with Gasteiger partial charge in [0.25, 0.3) is 0 Å². The van der Waals surface area contributed by atoms with Crippen LogP contribution >= 0.6 is 0 Å². The highest BCUT2D eigenvalue weighted by molar-refractivity contribution is 5.82. The summed E-state index contributed by atoms with van der Waals surface area (Å²) in [5.74, 6) is -0.621. The summed E-state index contributed by atoms with van der Waals surface area (Å²) >= 11 is 0. The minimum absolute atomic E-state index is 0.0349. The molecule has 34 heavy (non-hydrogen) atoms. The molecular formula is C25H28FN7O. The van der Waals surface area contributed by atoms with Crippen LogP contribution in [-0.4, -0.2) is 58.0 Å². The van der Waals surface area contributed by atoms with Crippen molar-refractivity contribution >= 4 is 10.9 Å². The number of hydrogen-bond acceptors (Lipinski definition) is 7. The largest absolute Gasteiger partial charge is 0.434 e. The van der Waals surface area contributed by atoms with Gasteiger partial charge in [0.15, 0.2) is 11.6 Å². The average molecular weight is 462 g/mol. The van der Waals surface area contributed by atoms with Crippen molar-refractivity contribution in [3.8, 4) is 17.7 Å². The van der Waals surface area contributed by atoms with Gasteiger partial charge in [-0.3, -0.25) is 0 Å². The number of likely N-dealkylation sites (N-methyl/N-ethyl adjacent to an activating group) is 1. The summed E-state index contributed by atoms with van der Waals surface area (Å²) in [6.07, 6.45) is 4.80. The third-order valence-corrected chi connectivity index (χ3v) is 6.11. The number of nitriles is 1. The first-order valence-corrected chi connectivity index (χ1v) is 11.0. The molecule has 1 fully saturated rings. The Kier molecular flexibility index (Phi) is 6.37. The summed E-state index contributed by atoms with van der Waals surface area (Å²) in [6.45, 7) is 10.8. The number of piperazine rings is 1. The van der Waals surface area contributed by atoms with Crippen LogP contribution < -0.4 is 10.5 Å². The van der Waals surface area contributed by atoms with Crippen molar-refractivity contribution in [2.45, 2.75) is 19.4 Å². The molecule has 1 saturated heterocycles. The van der Waals surface area contributed by atoms with Gasteiger partial charge in [0, 0.05) is 48.5 Å². The summed E-state index contributed by atoms with van der Waals surface area (Å²) in [7, 11) is 2.07. The van der Waals surface area contributed by atoms with Crippen molar-refractivity contribution < 1.29 is 9.13 Å². The molecule has 0 radical (unpaired) electrons. The van der Waals surface area contributed by atoms with Crippen LogP contribution in [0.4, 0.5) is 4.39 Å². The van der Waals surface area contributed by atoms with E-state index in [0.29, 0.717) is 16.6 Å². The summed E-state index contributed by atoms with van der Waals surface area (Å²) in [5.41, 5.74) is 8.32. The minimum Gasteiger partial charge on any atom is -0.434 e. The van der Waals surface area contributed by atoms with Crippen LogP contribution in [0.2, 0.25) is 0 Å². The zero-order valence-electron chi connectivity index (χ0n) is 19.6. The molecule has 9 heteroatoms. The van der Waals surface area contributed by atoms with E-state index in [0.717, 1.165) is 37.6 Å². The van der Waals surface area contributed by atoms with Crippen molar-refractivity contribution in [1.82, 2.24) is 24.8 Å². The smallest absolute Gasteiger partial charge is 0.240 e. The van der Waals surface area contributed by atoms with Gasteiger partial charge in [0.05, 0.1) is 11.2 Å². The Hall–Kier alpha value is -3.74. The Balaban J connectivity index is 1.74. The standard InChI is InChI=1S/C25H28FN7O/c1-5-6-21(33-11-9-32(4)10-12-33)25(3,28)23-18(14-27)24(30-15-29-23)34-20-8-7-19-17(22(20)26)13-16(2)31-19/h5-8,13,15,31H,1,9-12,28H2,2-4H3/b21-6+. The summed E-state index contributed by atoms with van der Waals surface area (Å²) in [4.78, 5) is 16.0. The molecule has 1 aliphatic rings. The molecule has 3 N–H and O–H groups in total. The number of halogens is 1. The Morgan fingerprint density at radius 2 is 2.06 bits per heavy atom. The topological polar surface area (TPSA) is 107 Å². The second-order valence-electron chi connectivity index (χ2n) is 8.69. The molecule has 1 aromatic carbocycles. The lowest BCUT2D eigenvalue weighted by Gasteiger charge is -2.41. The number of aryl methyl sites for hydroxylation is 1. The third kappa shape index (κ3) is 4.25. The molecular weight excluding hydrogens is 433 g/mol. The Morgan fingerprint density at radius 1 is 1.32 bits per heavy atom. The first kappa shape index (κ1) is 23.4. The summed E-state index contributed by atoms with van der Waals surface area (Å²) in [6, 6.07) is 7.05. The van der Waals surface area contributed by atoms with Gasteiger partial charge in [-0.15, -0.1) is 0 Å². The predicted molar refractivity (Wildman–Crippen MR) is 129 cm³/mol. The lowest BCUT2D eigenvalue weighted by Crippen LogP contribution is -2.50. The van der Waals surface area contributed by atoms with Crippen molar-refractivity contribution in [3.05, 3.63) is 71.7 Å². The molecule has 3 heterocycles. The molecule has 0 bridgehead atoms. The van der Waals surface area contributed by atoms with Gasteiger partial charge < -0.3 is 25.3 Å². The maximum atomic E-state index is 15.1. The van der Waals surface area contributed by atoms with E-state index in [1.54, 1.807) is 25.1 Å². The van der Waals surface area contributed by atoms with Gasteiger partial charge in [-0.25, -0.2) is 14.4 Å². The van der Waals surface area contributed by atoms with Crippen LogP contribution in [0.1, 0.15) is 23.9 Å². The van der Waals surface area contributed by atoms with E-state index in [1.807, 2.05) is 13.0 Å². The molecule has 1 unspecified atom stereocenters. The third-order valence-electron chi connectivity index (χ3n) is 6.11. The van der Waals surface area contributed by atoms with Gasteiger partial charge in [-0.1, -0.05) is 12.7 Å². The highest BCUT2D eigenvalue weighted by Crippen LogP contribution is 2.36. The fourth-order valence-corrected chi connectivity index (χ4v) is 4.30. The minimum atomic E-state index is -1.14. The summed E-state index contributed by atoms with van der Waals surface area (Å²) in [5, 5.41) is 10.4. The van der Waals surface area contributed by atoms with E-state index in [1.165, 1.54) is 12.4 Å². The van der Waals surface area contributed by atoms with Crippen LogP contribution in [0.25, 0.3) is 10.9 Å². The molecule has 1 aliphatic heterocycles. The van der Waals surface area contributed by atoms with E-state index >= 15 is 4.39 Å². The molecule has 8 nitrogen and oxygen atoms in total. The molecule has 1 atom stereocenters. The second-order valence-corrected chi connectivity index (χ2v) is 8.69. The Bertz CT molecular complexity index is 1300. The zero-order valence-corrected chi connectivity index (χ0v) is 19.6. The average Bonchev–Trinajstić information content (AvgIpc) is 3.21. The lowest BCUT2D eigenvalue weighted by molar-refractivity contribution is 0.168. The second kappa shape index (κ2) is 9.25. The first-order chi connectivity index (χ1) is 16.3. The highest BCUT2D eigenvalue weighted by Gasteiger charge is 2.36. The van der Waals surface area contributed by atoms with Gasteiger partial charge in [0.2, 0.25) is 5.88 Å². The summed E-state index contributed by atoms with van der Waals surface area (Å²) < 4.78 is 20.9. The van der Waals surface area contributed by atoms with Crippen molar-refractivity contribution in [1.29, 1.82) is 5.26 Å². The number of aromatic nitrogens is 3. The SMILES string of the molecule is C=C/C=C(/N1CCN(C)CC1)C(C)(N)c1ncnc(Oc2ccc3[nH]c(C)cc3c2F)c1C#N. The van der Waals surface area contributed by atoms with Crippen LogP contribution in [0.5, 0.6) is 11.6 Å². The molecule has 3 aromatic rings. The van der Waals surface area contributed by atoms with Crippen molar-refractivity contribution in [2.75, 3.05) is 33.2 Å². The highest BCUT2D eigenvalue weighted by atomic mass is 19.1. The number of aromatic amines is 1. The number of nitrogens with one attached hydrogen (secondary N) is 1. The number of ether oxygens (including phenoxy) is 1. The molecule has 0 spiro atoms. The maximum absolute atomic E-state index is 15.1. The first-order valence-electron chi connectivity index (χ1n) is 11.0. The van der Waals surface area contributed by atoms with Gasteiger partial charge in [0.1, 0.15) is 18.0 Å². The van der Waals surface area contributed by atoms with Crippen LogP contribution in [-0.2, 0) is 5.54 Å². The molecule has 0 aliphatic carbocycles. The number of H-pyrrole nitrogens is 1. The number of fused-ring (bicyclic) bond motifs is 1. The van der Waals surface area contributed by atoms with Gasteiger partial charge in [-0.2, -0.15) is 5.26 Å².